The molecular formula is C21H22N2O4S. The van der Waals surface area contributed by atoms with Crippen molar-refractivity contribution >= 4 is 28.9 Å². The summed E-state index contributed by atoms with van der Waals surface area (Å²) in [5, 5.41) is 4.71. The topological polar surface area (TPSA) is 69.6 Å². The third-order valence-electron chi connectivity index (χ3n) is 4.40. The Labute approximate surface area is 167 Å². The van der Waals surface area contributed by atoms with Crippen LogP contribution in [0, 0.1) is 13.8 Å². The highest BCUT2D eigenvalue weighted by Crippen LogP contribution is 2.23. The van der Waals surface area contributed by atoms with E-state index in [2.05, 4.69) is 16.0 Å². The fourth-order valence-corrected chi connectivity index (χ4v) is 3.65. The summed E-state index contributed by atoms with van der Waals surface area (Å²) in [5.74, 6) is -0.398. The van der Waals surface area contributed by atoms with Crippen LogP contribution in [-0.4, -0.2) is 30.2 Å². The molecule has 1 amide bonds. The van der Waals surface area contributed by atoms with Crippen LogP contribution in [0.2, 0.25) is 0 Å². The molecular weight excluding hydrogens is 376 g/mol. The second kappa shape index (κ2) is 8.75. The van der Waals surface area contributed by atoms with Crippen LogP contribution in [0.1, 0.15) is 26.6 Å². The number of aromatic nitrogens is 1. The summed E-state index contributed by atoms with van der Waals surface area (Å²) < 4.78 is 12.5. The zero-order valence-electron chi connectivity index (χ0n) is 16.0. The van der Waals surface area contributed by atoms with Crippen LogP contribution in [0.3, 0.4) is 0 Å². The number of carbonyl (C=O) groups excluding carboxylic acids is 2. The molecule has 3 aromatic rings. The van der Waals surface area contributed by atoms with Crippen molar-refractivity contribution in [1.82, 2.24) is 4.57 Å². The highest BCUT2D eigenvalue weighted by atomic mass is 32.1. The minimum Gasteiger partial charge on any atom is -0.495 e. The van der Waals surface area contributed by atoms with Gasteiger partial charge < -0.3 is 19.4 Å². The van der Waals surface area contributed by atoms with Gasteiger partial charge in [-0.15, -0.1) is 11.3 Å². The average Bonchev–Trinajstić information content (AvgIpc) is 3.30. The number of ether oxygens (including phenoxy) is 2. The molecule has 146 valence electrons. The number of amides is 1. The molecule has 28 heavy (non-hydrogen) atoms. The Kier molecular flexibility index (Phi) is 6.16. The fourth-order valence-electron chi connectivity index (χ4n) is 2.95. The number of aryl methyl sites for hydroxylation is 1. The molecule has 3 rings (SSSR count). The van der Waals surface area contributed by atoms with Gasteiger partial charge in [0.15, 0.2) is 6.61 Å². The molecule has 0 aliphatic heterocycles. The van der Waals surface area contributed by atoms with Crippen molar-refractivity contribution < 1.29 is 19.1 Å². The van der Waals surface area contributed by atoms with Gasteiger partial charge in [-0.05, 0) is 43.5 Å². The lowest BCUT2D eigenvalue weighted by molar-refractivity contribution is -0.119. The standard InChI is InChI=1S/C21H22N2O4S/c1-14-11-17(15(2)23(14)12-16-7-6-10-28-16)21(25)27-13-20(24)22-18-8-4-5-9-19(18)26-3/h4-11H,12-13H2,1-3H3,(H,22,24). The van der Waals surface area contributed by atoms with E-state index in [-0.39, 0.29) is 6.61 Å². The van der Waals surface area contributed by atoms with Crippen LogP contribution in [0.25, 0.3) is 0 Å². The third kappa shape index (κ3) is 4.43. The molecule has 2 aromatic heterocycles. The van der Waals surface area contributed by atoms with Crippen molar-refractivity contribution in [2.45, 2.75) is 20.4 Å². The molecule has 0 fully saturated rings. The van der Waals surface area contributed by atoms with Crippen molar-refractivity contribution in [3.8, 4) is 5.75 Å². The van der Waals surface area contributed by atoms with E-state index < -0.39 is 11.9 Å². The second-order valence-corrected chi connectivity index (χ2v) is 7.31. The van der Waals surface area contributed by atoms with Gasteiger partial charge in [-0.25, -0.2) is 4.79 Å². The van der Waals surface area contributed by atoms with E-state index >= 15 is 0 Å². The Morgan fingerprint density at radius 3 is 2.64 bits per heavy atom. The number of nitrogens with one attached hydrogen (secondary N) is 1. The molecule has 2 heterocycles. The van der Waals surface area contributed by atoms with Gasteiger partial charge in [-0.1, -0.05) is 18.2 Å². The number of thiophene rings is 1. The first-order chi connectivity index (χ1) is 13.5. The van der Waals surface area contributed by atoms with Crippen LogP contribution >= 0.6 is 11.3 Å². The molecule has 0 bridgehead atoms. The number of methoxy groups -OCH3 is 1. The lowest BCUT2D eigenvalue weighted by Crippen LogP contribution is -2.21. The summed E-state index contributed by atoms with van der Waals surface area (Å²) in [6.45, 7) is 4.17. The first kappa shape index (κ1) is 19.7. The summed E-state index contributed by atoms with van der Waals surface area (Å²) in [4.78, 5) is 25.8. The van der Waals surface area contributed by atoms with E-state index in [4.69, 9.17) is 9.47 Å². The zero-order chi connectivity index (χ0) is 20.1. The van der Waals surface area contributed by atoms with E-state index in [1.165, 1.54) is 12.0 Å². The minimum atomic E-state index is -0.513. The molecule has 0 spiro atoms. The number of para-hydroxylation sites is 2. The van der Waals surface area contributed by atoms with Gasteiger partial charge in [0.25, 0.3) is 5.91 Å². The molecule has 1 N–H and O–H groups in total. The lowest BCUT2D eigenvalue weighted by Gasteiger charge is -2.10. The second-order valence-electron chi connectivity index (χ2n) is 6.27. The smallest absolute Gasteiger partial charge is 0.340 e. The maximum absolute atomic E-state index is 12.5. The van der Waals surface area contributed by atoms with Gasteiger partial charge in [0, 0.05) is 16.3 Å². The minimum absolute atomic E-state index is 0.370. The molecule has 6 nitrogen and oxygen atoms in total. The Morgan fingerprint density at radius 2 is 1.93 bits per heavy atom. The van der Waals surface area contributed by atoms with Crippen molar-refractivity contribution in [1.29, 1.82) is 0 Å². The normalized spacial score (nSPS) is 10.5. The molecule has 0 aliphatic rings. The molecule has 7 heteroatoms. The van der Waals surface area contributed by atoms with Gasteiger partial charge in [-0.3, -0.25) is 4.79 Å². The van der Waals surface area contributed by atoms with E-state index in [0.29, 0.717) is 23.5 Å². The summed E-state index contributed by atoms with van der Waals surface area (Å²) in [7, 11) is 1.52. The molecule has 0 unspecified atom stereocenters. The van der Waals surface area contributed by atoms with E-state index in [0.717, 1.165) is 11.4 Å². The number of hydrogen-bond acceptors (Lipinski definition) is 5. The monoisotopic (exact) mass is 398 g/mol. The highest BCUT2D eigenvalue weighted by molar-refractivity contribution is 7.09. The number of hydrogen-bond donors (Lipinski definition) is 1. The highest BCUT2D eigenvalue weighted by Gasteiger charge is 2.18. The third-order valence-corrected chi connectivity index (χ3v) is 5.26. The molecule has 0 saturated carbocycles. The number of benzene rings is 1. The Hall–Kier alpha value is -3.06. The van der Waals surface area contributed by atoms with Crippen LogP contribution in [0.4, 0.5) is 5.69 Å². The van der Waals surface area contributed by atoms with Crippen LogP contribution in [0.5, 0.6) is 5.75 Å². The van der Waals surface area contributed by atoms with Crippen LogP contribution in [0.15, 0.2) is 47.8 Å². The predicted octanol–water partition coefficient (Wildman–Crippen LogP) is 4.02. The van der Waals surface area contributed by atoms with E-state index in [9.17, 15) is 9.59 Å². The van der Waals surface area contributed by atoms with Crippen molar-refractivity contribution in [2.24, 2.45) is 0 Å². The van der Waals surface area contributed by atoms with Gasteiger partial charge in [0.2, 0.25) is 0 Å². The van der Waals surface area contributed by atoms with E-state index in [1.807, 2.05) is 25.3 Å². The molecule has 0 saturated heterocycles. The Balaban J connectivity index is 1.62. The number of anilines is 1. The molecule has 0 atom stereocenters. The maximum Gasteiger partial charge on any atom is 0.340 e. The molecule has 0 radical (unpaired) electrons. The maximum atomic E-state index is 12.5. The van der Waals surface area contributed by atoms with Crippen molar-refractivity contribution in [3.63, 3.8) is 0 Å². The Morgan fingerprint density at radius 1 is 1.14 bits per heavy atom. The van der Waals surface area contributed by atoms with E-state index in [1.54, 1.807) is 41.7 Å². The number of rotatable bonds is 7. The fraction of sp³-hybridized carbons (Fsp3) is 0.238. The summed E-state index contributed by atoms with van der Waals surface area (Å²) in [6, 6.07) is 12.9. The zero-order valence-corrected chi connectivity index (χ0v) is 16.8. The lowest BCUT2D eigenvalue weighted by atomic mass is 10.2. The molecule has 0 aliphatic carbocycles. The molecule has 1 aromatic carbocycles. The Bertz CT molecular complexity index is 976. The van der Waals surface area contributed by atoms with Crippen LogP contribution < -0.4 is 10.1 Å². The van der Waals surface area contributed by atoms with Gasteiger partial charge in [0.1, 0.15) is 5.75 Å². The average molecular weight is 398 g/mol. The summed E-state index contributed by atoms with van der Waals surface area (Å²) in [6.07, 6.45) is 0. The quantitative estimate of drug-likeness (QED) is 0.611. The summed E-state index contributed by atoms with van der Waals surface area (Å²) in [5.41, 5.74) is 2.79. The number of esters is 1. The summed E-state index contributed by atoms with van der Waals surface area (Å²) >= 11 is 1.67. The predicted molar refractivity (Wildman–Crippen MR) is 109 cm³/mol. The number of carbonyl (C=O) groups is 2. The SMILES string of the molecule is COc1ccccc1NC(=O)COC(=O)c1cc(C)n(Cc2cccs2)c1C. The first-order valence-electron chi connectivity index (χ1n) is 8.78. The van der Waals surface area contributed by atoms with Gasteiger partial charge in [0.05, 0.1) is 24.9 Å². The largest absolute Gasteiger partial charge is 0.495 e. The van der Waals surface area contributed by atoms with Crippen LogP contribution in [-0.2, 0) is 16.1 Å². The number of nitrogens with zero attached hydrogens (tertiary/aromatic N) is 1. The van der Waals surface area contributed by atoms with Gasteiger partial charge in [-0.2, -0.15) is 0 Å². The van der Waals surface area contributed by atoms with Crippen molar-refractivity contribution in [3.05, 3.63) is 69.7 Å². The first-order valence-corrected chi connectivity index (χ1v) is 9.66. The van der Waals surface area contributed by atoms with Crippen molar-refractivity contribution in [2.75, 3.05) is 19.0 Å². The van der Waals surface area contributed by atoms with Gasteiger partial charge >= 0.3 is 5.97 Å².